The normalized spacial score (nSPS) is 20.4. The van der Waals surface area contributed by atoms with E-state index in [1.807, 2.05) is 18.2 Å². The van der Waals surface area contributed by atoms with Gasteiger partial charge in [0.05, 0.1) is 12.8 Å². The predicted octanol–water partition coefficient (Wildman–Crippen LogP) is 2.05. The van der Waals surface area contributed by atoms with Crippen LogP contribution < -0.4 is 21.1 Å². The third kappa shape index (κ3) is 5.08. The number of amides is 3. The van der Waals surface area contributed by atoms with E-state index in [-0.39, 0.29) is 36.4 Å². The molecule has 9 nitrogen and oxygen atoms in total. The second-order valence-corrected chi connectivity index (χ2v) is 9.77. The van der Waals surface area contributed by atoms with E-state index < -0.39 is 17.4 Å². The number of rotatable bonds is 11. The molecule has 2 heterocycles. The molecule has 2 aromatic rings. The van der Waals surface area contributed by atoms with E-state index in [2.05, 4.69) is 15.6 Å². The Balaban J connectivity index is 1.50. The fourth-order valence-electron chi connectivity index (χ4n) is 4.75. The second kappa shape index (κ2) is 9.48. The average molecular weight is 469 g/mol. The highest BCUT2D eigenvalue weighted by Crippen LogP contribution is 2.37. The Morgan fingerprint density at radius 1 is 1.26 bits per heavy atom. The molecular formula is C25H32N4O5. The monoisotopic (exact) mass is 468 g/mol. The first-order chi connectivity index (χ1) is 16.2. The lowest BCUT2D eigenvalue weighted by atomic mass is 9.85. The van der Waals surface area contributed by atoms with Crippen molar-refractivity contribution in [1.82, 2.24) is 15.6 Å². The van der Waals surface area contributed by atoms with Crippen LogP contribution in [-0.4, -0.2) is 47.7 Å². The molecule has 1 saturated carbocycles. The van der Waals surface area contributed by atoms with Gasteiger partial charge in [-0.05, 0) is 50.3 Å². The summed E-state index contributed by atoms with van der Waals surface area (Å²) in [5.41, 5.74) is 5.47. The van der Waals surface area contributed by atoms with Gasteiger partial charge in [0.1, 0.15) is 11.3 Å². The highest BCUT2D eigenvalue weighted by atomic mass is 16.5. The molecule has 1 aliphatic heterocycles. The van der Waals surface area contributed by atoms with Gasteiger partial charge in [0, 0.05) is 35.7 Å². The number of methoxy groups -OCH3 is 1. The molecule has 0 spiro atoms. The van der Waals surface area contributed by atoms with Gasteiger partial charge in [0.25, 0.3) is 0 Å². The third-order valence-corrected chi connectivity index (χ3v) is 7.02. The lowest BCUT2D eigenvalue weighted by Crippen LogP contribution is -2.58. The standard InChI is InChI=1S/C25H32N4O5/c1-25(24(26)33,13-15-8-9-27-22(15)31)29-23(32)16(10-14-6-7-14)11-20(30)19-12-17-18(28-19)4-3-5-21(17)34-2/h3-5,12,14-16,28H,6-11,13H2,1-2H3,(H2,26,33)(H,27,31)(H,29,32)/t15?,16-,25+/m1/s1. The summed E-state index contributed by atoms with van der Waals surface area (Å²) in [7, 11) is 1.57. The number of aromatic amines is 1. The maximum atomic E-state index is 13.3. The number of H-pyrrole nitrogens is 1. The Kier molecular flexibility index (Phi) is 6.63. The summed E-state index contributed by atoms with van der Waals surface area (Å²) in [6.07, 6.45) is 3.35. The van der Waals surface area contributed by atoms with Crippen molar-refractivity contribution in [3.63, 3.8) is 0 Å². The van der Waals surface area contributed by atoms with E-state index in [9.17, 15) is 19.2 Å². The summed E-state index contributed by atoms with van der Waals surface area (Å²) in [5, 5.41) is 6.34. The smallest absolute Gasteiger partial charge is 0.242 e. The van der Waals surface area contributed by atoms with Crippen molar-refractivity contribution in [3.8, 4) is 5.75 Å². The van der Waals surface area contributed by atoms with E-state index in [1.165, 1.54) is 0 Å². The van der Waals surface area contributed by atoms with E-state index >= 15 is 0 Å². The maximum Gasteiger partial charge on any atom is 0.242 e. The van der Waals surface area contributed by atoms with Crippen molar-refractivity contribution >= 4 is 34.4 Å². The summed E-state index contributed by atoms with van der Waals surface area (Å²) in [6.45, 7) is 2.10. The molecule has 1 aromatic carbocycles. The minimum absolute atomic E-state index is 0.0101. The Morgan fingerprint density at radius 2 is 2.03 bits per heavy atom. The number of benzene rings is 1. The first-order valence-electron chi connectivity index (χ1n) is 11.8. The Morgan fingerprint density at radius 3 is 2.65 bits per heavy atom. The molecule has 1 unspecified atom stereocenters. The number of hydrogen-bond donors (Lipinski definition) is 4. The van der Waals surface area contributed by atoms with Crippen molar-refractivity contribution in [2.24, 2.45) is 23.5 Å². The summed E-state index contributed by atoms with van der Waals surface area (Å²) in [6, 6.07) is 7.27. The Labute approximate surface area is 198 Å². The van der Waals surface area contributed by atoms with Crippen molar-refractivity contribution in [1.29, 1.82) is 0 Å². The SMILES string of the molecule is COc1cccc2[nH]c(C(=O)C[C@@H](CC3CC3)C(=O)N[C@@](C)(CC3CCNC3=O)C(N)=O)cc12. The highest BCUT2D eigenvalue weighted by molar-refractivity contribution is 6.02. The van der Waals surface area contributed by atoms with Gasteiger partial charge in [0.2, 0.25) is 17.7 Å². The molecule has 9 heteroatoms. The molecule has 3 amide bonds. The molecule has 1 aliphatic carbocycles. The topological polar surface area (TPSA) is 143 Å². The average Bonchev–Trinajstić information content (AvgIpc) is 3.36. The van der Waals surface area contributed by atoms with Crippen LogP contribution >= 0.6 is 0 Å². The Bertz CT molecular complexity index is 1120. The molecule has 4 rings (SSSR count). The van der Waals surface area contributed by atoms with Crippen LogP contribution in [0.15, 0.2) is 24.3 Å². The summed E-state index contributed by atoms with van der Waals surface area (Å²) in [5.74, 6) is -1.32. The molecule has 3 atom stereocenters. The molecule has 1 aromatic heterocycles. The number of carbonyl (C=O) groups excluding carboxylic acids is 4. The number of nitrogens with one attached hydrogen (secondary N) is 3. The molecule has 2 fully saturated rings. The number of ketones is 1. The van der Waals surface area contributed by atoms with Crippen molar-refractivity contribution < 1.29 is 23.9 Å². The quantitative estimate of drug-likeness (QED) is 0.373. The van der Waals surface area contributed by atoms with Crippen LogP contribution in [0, 0.1) is 17.8 Å². The van der Waals surface area contributed by atoms with E-state index in [4.69, 9.17) is 10.5 Å². The van der Waals surface area contributed by atoms with Crippen molar-refractivity contribution in [2.75, 3.05) is 13.7 Å². The number of Topliss-reactive ketones (excluding diaryl/α,β-unsaturated/α-hetero) is 1. The molecule has 2 aliphatic rings. The molecule has 34 heavy (non-hydrogen) atoms. The number of primary amides is 1. The fraction of sp³-hybridized carbons (Fsp3) is 0.520. The van der Waals surface area contributed by atoms with Crippen LogP contribution in [0.4, 0.5) is 0 Å². The fourth-order valence-corrected chi connectivity index (χ4v) is 4.75. The number of nitrogens with two attached hydrogens (primary N) is 1. The zero-order chi connectivity index (χ0) is 24.5. The van der Waals surface area contributed by atoms with E-state index in [1.54, 1.807) is 20.1 Å². The van der Waals surface area contributed by atoms with Gasteiger partial charge in [-0.3, -0.25) is 19.2 Å². The van der Waals surface area contributed by atoms with Crippen LogP contribution in [0.3, 0.4) is 0 Å². The van der Waals surface area contributed by atoms with Crippen LogP contribution in [0.5, 0.6) is 5.75 Å². The molecule has 5 N–H and O–H groups in total. The lowest BCUT2D eigenvalue weighted by molar-refractivity contribution is -0.135. The van der Waals surface area contributed by atoms with Gasteiger partial charge >= 0.3 is 0 Å². The van der Waals surface area contributed by atoms with Gasteiger partial charge in [0.15, 0.2) is 5.78 Å². The third-order valence-electron chi connectivity index (χ3n) is 7.02. The van der Waals surface area contributed by atoms with E-state index in [0.29, 0.717) is 36.7 Å². The molecular weight excluding hydrogens is 436 g/mol. The molecule has 0 radical (unpaired) electrons. The number of carbonyl (C=O) groups is 4. The Hall–Kier alpha value is -3.36. The predicted molar refractivity (Wildman–Crippen MR) is 126 cm³/mol. The number of fused-ring (bicyclic) bond motifs is 1. The molecule has 1 saturated heterocycles. The van der Waals surface area contributed by atoms with Crippen LogP contribution in [0.2, 0.25) is 0 Å². The van der Waals surface area contributed by atoms with Crippen LogP contribution in [0.25, 0.3) is 10.9 Å². The highest BCUT2D eigenvalue weighted by Gasteiger charge is 2.41. The van der Waals surface area contributed by atoms with Crippen molar-refractivity contribution in [2.45, 2.75) is 51.0 Å². The molecule has 0 bridgehead atoms. The second-order valence-electron chi connectivity index (χ2n) is 9.77. The van der Waals surface area contributed by atoms with Gasteiger partial charge in [-0.1, -0.05) is 18.9 Å². The lowest BCUT2D eigenvalue weighted by Gasteiger charge is -2.31. The zero-order valence-corrected chi connectivity index (χ0v) is 19.6. The molecule has 182 valence electrons. The van der Waals surface area contributed by atoms with Crippen LogP contribution in [0.1, 0.15) is 55.9 Å². The zero-order valence-electron chi connectivity index (χ0n) is 19.6. The maximum absolute atomic E-state index is 13.3. The number of ether oxygens (including phenoxy) is 1. The number of hydrogen-bond acceptors (Lipinski definition) is 5. The minimum Gasteiger partial charge on any atom is -0.496 e. The first-order valence-corrected chi connectivity index (χ1v) is 11.8. The first kappa shape index (κ1) is 23.8. The van der Waals surface area contributed by atoms with Gasteiger partial charge in [-0.2, -0.15) is 0 Å². The summed E-state index contributed by atoms with van der Waals surface area (Å²) < 4.78 is 5.37. The van der Waals surface area contributed by atoms with Crippen LogP contribution in [-0.2, 0) is 14.4 Å². The minimum atomic E-state index is -1.37. The largest absolute Gasteiger partial charge is 0.496 e. The van der Waals surface area contributed by atoms with E-state index in [0.717, 1.165) is 23.7 Å². The summed E-state index contributed by atoms with van der Waals surface area (Å²) >= 11 is 0. The van der Waals surface area contributed by atoms with Gasteiger partial charge in [-0.15, -0.1) is 0 Å². The van der Waals surface area contributed by atoms with Gasteiger partial charge < -0.3 is 26.1 Å². The number of aromatic nitrogens is 1. The van der Waals surface area contributed by atoms with Crippen molar-refractivity contribution in [3.05, 3.63) is 30.0 Å². The summed E-state index contributed by atoms with van der Waals surface area (Å²) in [4.78, 5) is 53.9. The van der Waals surface area contributed by atoms with Gasteiger partial charge in [-0.25, -0.2) is 0 Å².